The van der Waals surface area contributed by atoms with Crippen LogP contribution in [0.3, 0.4) is 0 Å². The van der Waals surface area contributed by atoms with E-state index in [4.69, 9.17) is 4.74 Å². The van der Waals surface area contributed by atoms with Crippen molar-refractivity contribution in [3.8, 4) is 0 Å². The number of ether oxygens (including phenoxy) is 1. The molecule has 5 nitrogen and oxygen atoms in total. The molecule has 1 fully saturated rings. The van der Waals surface area contributed by atoms with E-state index >= 15 is 0 Å². The van der Waals surface area contributed by atoms with Gasteiger partial charge in [-0.25, -0.2) is 8.78 Å². The lowest BCUT2D eigenvalue weighted by Crippen LogP contribution is -2.48. The van der Waals surface area contributed by atoms with Crippen LogP contribution in [0.4, 0.5) is 8.78 Å². The first-order valence-corrected chi connectivity index (χ1v) is 7.53. The number of hydrogen-bond donors (Lipinski definition) is 1. The van der Waals surface area contributed by atoms with E-state index in [9.17, 15) is 18.4 Å². The molecule has 1 aliphatic rings. The van der Waals surface area contributed by atoms with E-state index in [-0.39, 0.29) is 36.6 Å². The second-order valence-electron chi connectivity index (χ2n) is 5.69. The standard InChI is InChI=1S/C16H20F2N2O3/c1-10-8-20(9-11(2)23-10)15(21)5-6-19-16(22)13-4-3-12(17)7-14(13)18/h3-4,7,10-11H,5-6,8-9H2,1-2H3,(H,19,22)/t10-,11-/m0/s1. The number of halogens is 2. The van der Waals surface area contributed by atoms with Crippen LogP contribution in [-0.4, -0.2) is 48.6 Å². The Hall–Kier alpha value is -2.02. The van der Waals surface area contributed by atoms with E-state index in [0.717, 1.165) is 12.1 Å². The highest BCUT2D eigenvalue weighted by Gasteiger charge is 2.25. The zero-order valence-electron chi connectivity index (χ0n) is 13.1. The van der Waals surface area contributed by atoms with Gasteiger partial charge < -0.3 is 15.0 Å². The largest absolute Gasteiger partial charge is 0.372 e. The SMILES string of the molecule is C[C@H]1CN(C(=O)CCNC(=O)c2ccc(F)cc2F)C[C@H](C)O1. The molecule has 2 rings (SSSR count). The predicted molar refractivity (Wildman–Crippen MR) is 79.9 cm³/mol. The van der Waals surface area contributed by atoms with Crippen molar-refractivity contribution in [1.82, 2.24) is 10.2 Å². The summed E-state index contributed by atoms with van der Waals surface area (Å²) in [6.07, 6.45) is 0.0739. The molecular formula is C16H20F2N2O3. The molecule has 0 aliphatic carbocycles. The molecular weight excluding hydrogens is 306 g/mol. The highest BCUT2D eigenvalue weighted by Crippen LogP contribution is 2.12. The Balaban J connectivity index is 1.82. The molecule has 2 atom stereocenters. The lowest BCUT2D eigenvalue weighted by molar-refractivity contribution is -0.143. The first-order chi connectivity index (χ1) is 10.9. The van der Waals surface area contributed by atoms with Gasteiger partial charge in [0.15, 0.2) is 0 Å². The monoisotopic (exact) mass is 326 g/mol. The van der Waals surface area contributed by atoms with Gasteiger partial charge in [-0.1, -0.05) is 0 Å². The van der Waals surface area contributed by atoms with E-state index < -0.39 is 17.5 Å². The van der Waals surface area contributed by atoms with Gasteiger partial charge in [-0.3, -0.25) is 9.59 Å². The smallest absolute Gasteiger partial charge is 0.254 e. The first-order valence-electron chi connectivity index (χ1n) is 7.53. The second kappa shape index (κ2) is 7.50. The maximum Gasteiger partial charge on any atom is 0.254 e. The summed E-state index contributed by atoms with van der Waals surface area (Å²) in [5, 5.41) is 2.47. The average Bonchev–Trinajstić information content (AvgIpc) is 2.45. The number of nitrogens with zero attached hydrogens (tertiary/aromatic N) is 1. The maximum atomic E-state index is 13.5. The number of benzene rings is 1. The maximum absolute atomic E-state index is 13.5. The minimum absolute atomic E-state index is 0.0226. The summed E-state index contributed by atoms with van der Waals surface area (Å²) >= 11 is 0. The molecule has 126 valence electrons. The number of rotatable bonds is 4. The van der Waals surface area contributed by atoms with Gasteiger partial charge in [-0.2, -0.15) is 0 Å². The van der Waals surface area contributed by atoms with Crippen LogP contribution >= 0.6 is 0 Å². The van der Waals surface area contributed by atoms with Crippen molar-refractivity contribution in [2.45, 2.75) is 32.5 Å². The Morgan fingerprint density at radius 2 is 1.91 bits per heavy atom. The number of amides is 2. The van der Waals surface area contributed by atoms with Crippen molar-refractivity contribution in [2.75, 3.05) is 19.6 Å². The van der Waals surface area contributed by atoms with Crippen molar-refractivity contribution in [2.24, 2.45) is 0 Å². The van der Waals surface area contributed by atoms with E-state index in [0.29, 0.717) is 19.2 Å². The second-order valence-corrected chi connectivity index (χ2v) is 5.69. The summed E-state index contributed by atoms with van der Waals surface area (Å²) in [6, 6.07) is 2.74. The summed E-state index contributed by atoms with van der Waals surface area (Å²) in [5.41, 5.74) is -0.243. The predicted octanol–water partition coefficient (Wildman–Crippen LogP) is 1.72. The number of morpholine rings is 1. The molecule has 0 bridgehead atoms. The molecule has 1 saturated heterocycles. The summed E-state index contributed by atoms with van der Waals surface area (Å²) < 4.78 is 31.8. The summed E-state index contributed by atoms with van der Waals surface area (Å²) in [4.78, 5) is 25.6. The fraction of sp³-hybridized carbons (Fsp3) is 0.500. The van der Waals surface area contributed by atoms with Gasteiger partial charge in [0.2, 0.25) is 5.91 Å². The summed E-state index contributed by atoms with van der Waals surface area (Å²) in [6.45, 7) is 4.92. The van der Waals surface area contributed by atoms with Crippen LogP contribution in [0.2, 0.25) is 0 Å². The Morgan fingerprint density at radius 1 is 1.26 bits per heavy atom. The topological polar surface area (TPSA) is 58.6 Å². The Labute approximate surface area is 133 Å². The van der Waals surface area contributed by atoms with Gasteiger partial charge in [-0.05, 0) is 26.0 Å². The van der Waals surface area contributed by atoms with Gasteiger partial charge in [-0.15, -0.1) is 0 Å². The molecule has 1 aromatic carbocycles. The van der Waals surface area contributed by atoms with Crippen LogP contribution in [0.25, 0.3) is 0 Å². The number of carbonyl (C=O) groups excluding carboxylic acids is 2. The molecule has 23 heavy (non-hydrogen) atoms. The molecule has 1 aromatic rings. The van der Waals surface area contributed by atoms with Crippen molar-refractivity contribution in [3.63, 3.8) is 0 Å². The van der Waals surface area contributed by atoms with Gasteiger partial charge in [0, 0.05) is 32.1 Å². The van der Waals surface area contributed by atoms with Crippen LogP contribution in [0, 0.1) is 11.6 Å². The third-order valence-corrected chi connectivity index (χ3v) is 3.57. The number of nitrogens with one attached hydrogen (secondary N) is 1. The van der Waals surface area contributed by atoms with Gasteiger partial charge >= 0.3 is 0 Å². The zero-order chi connectivity index (χ0) is 17.0. The highest BCUT2D eigenvalue weighted by molar-refractivity contribution is 5.94. The third-order valence-electron chi connectivity index (χ3n) is 3.57. The number of carbonyl (C=O) groups is 2. The van der Waals surface area contributed by atoms with E-state index in [1.54, 1.807) is 4.90 Å². The molecule has 2 amide bonds. The first kappa shape index (κ1) is 17.3. The van der Waals surface area contributed by atoms with Crippen molar-refractivity contribution < 1.29 is 23.1 Å². The Morgan fingerprint density at radius 3 is 2.52 bits per heavy atom. The van der Waals surface area contributed by atoms with Crippen LogP contribution in [0.15, 0.2) is 18.2 Å². The lowest BCUT2D eigenvalue weighted by Gasteiger charge is -2.35. The van der Waals surface area contributed by atoms with Crippen LogP contribution in [0.5, 0.6) is 0 Å². The molecule has 7 heteroatoms. The Kier molecular flexibility index (Phi) is 5.65. The van der Waals surface area contributed by atoms with E-state index in [2.05, 4.69) is 5.32 Å². The highest BCUT2D eigenvalue weighted by atomic mass is 19.1. The normalized spacial score (nSPS) is 21.1. The van der Waals surface area contributed by atoms with Crippen molar-refractivity contribution >= 4 is 11.8 Å². The van der Waals surface area contributed by atoms with Crippen LogP contribution in [0.1, 0.15) is 30.6 Å². The molecule has 1 N–H and O–H groups in total. The number of hydrogen-bond acceptors (Lipinski definition) is 3. The molecule has 1 aliphatic heterocycles. The van der Waals surface area contributed by atoms with Crippen LogP contribution in [-0.2, 0) is 9.53 Å². The Bertz CT molecular complexity index is 585. The minimum Gasteiger partial charge on any atom is -0.372 e. The fourth-order valence-corrected chi connectivity index (χ4v) is 2.59. The average molecular weight is 326 g/mol. The zero-order valence-corrected chi connectivity index (χ0v) is 13.1. The minimum atomic E-state index is -0.926. The quantitative estimate of drug-likeness (QED) is 0.916. The summed E-state index contributed by atoms with van der Waals surface area (Å²) in [7, 11) is 0. The van der Waals surface area contributed by atoms with Gasteiger partial charge in [0.1, 0.15) is 11.6 Å². The molecule has 0 spiro atoms. The van der Waals surface area contributed by atoms with Crippen molar-refractivity contribution in [3.05, 3.63) is 35.4 Å². The van der Waals surface area contributed by atoms with Crippen molar-refractivity contribution in [1.29, 1.82) is 0 Å². The van der Waals surface area contributed by atoms with Crippen LogP contribution < -0.4 is 5.32 Å². The molecule has 0 aromatic heterocycles. The van der Waals surface area contributed by atoms with E-state index in [1.807, 2.05) is 13.8 Å². The molecule has 0 saturated carbocycles. The van der Waals surface area contributed by atoms with Gasteiger partial charge in [0.25, 0.3) is 5.91 Å². The van der Waals surface area contributed by atoms with Gasteiger partial charge in [0.05, 0.1) is 17.8 Å². The molecule has 1 heterocycles. The third kappa shape index (κ3) is 4.72. The summed E-state index contributed by atoms with van der Waals surface area (Å²) in [5.74, 6) is -2.43. The fourth-order valence-electron chi connectivity index (χ4n) is 2.59. The lowest BCUT2D eigenvalue weighted by atomic mass is 10.2. The molecule has 0 radical (unpaired) electrons. The van der Waals surface area contributed by atoms with E-state index in [1.165, 1.54) is 0 Å². The molecule has 0 unspecified atom stereocenters.